The van der Waals surface area contributed by atoms with Crippen LogP contribution in [-0.4, -0.2) is 25.5 Å². The van der Waals surface area contributed by atoms with Gasteiger partial charge in [-0.25, -0.2) is 4.98 Å². The minimum Gasteiger partial charge on any atom is -0.305 e. The van der Waals surface area contributed by atoms with Crippen LogP contribution < -0.4 is 10.5 Å². The molecule has 0 aliphatic carbocycles. The molecule has 4 aromatic rings. The number of fused-ring (bicyclic) bond motifs is 1. The molecule has 7 nitrogen and oxygen atoms in total. The van der Waals surface area contributed by atoms with Gasteiger partial charge in [-0.3, -0.25) is 14.7 Å². The maximum atomic E-state index is 13.1. The number of carbonyl (C=O) groups is 1. The average molecular weight is 408 g/mol. The first kappa shape index (κ1) is 18.9. The van der Waals surface area contributed by atoms with Crippen molar-refractivity contribution in [3.63, 3.8) is 0 Å². The molecule has 1 amide bonds. The molecule has 0 aliphatic heterocycles. The van der Waals surface area contributed by atoms with Crippen LogP contribution in [0.5, 0.6) is 0 Å². The van der Waals surface area contributed by atoms with Crippen molar-refractivity contribution in [3.05, 3.63) is 93.1 Å². The first-order valence-electron chi connectivity index (χ1n) is 9.05. The number of rotatable bonds is 5. The van der Waals surface area contributed by atoms with Crippen LogP contribution in [0, 0.1) is 6.92 Å². The summed E-state index contributed by atoms with van der Waals surface area (Å²) in [7, 11) is 0. The summed E-state index contributed by atoms with van der Waals surface area (Å²) < 4.78 is 1.27. The normalized spacial score (nSPS) is 11.0. The average Bonchev–Trinajstić information content (AvgIpc) is 3.10. The summed E-state index contributed by atoms with van der Waals surface area (Å²) in [6, 6.07) is 18.0. The molecule has 0 fully saturated rings. The van der Waals surface area contributed by atoms with E-state index in [1.807, 2.05) is 30.3 Å². The number of H-pyrrole nitrogens is 1. The van der Waals surface area contributed by atoms with Crippen LogP contribution in [0.15, 0.2) is 65.5 Å². The Labute approximate surface area is 171 Å². The second kappa shape index (κ2) is 7.89. The fraction of sp³-hybridized carbons (Fsp3) is 0.143. The van der Waals surface area contributed by atoms with Gasteiger partial charge in [0.1, 0.15) is 5.82 Å². The fourth-order valence-electron chi connectivity index (χ4n) is 3.07. The van der Waals surface area contributed by atoms with Crippen molar-refractivity contribution < 1.29 is 4.79 Å². The van der Waals surface area contributed by atoms with E-state index in [0.717, 1.165) is 5.56 Å². The van der Waals surface area contributed by atoms with Crippen molar-refractivity contribution >= 4 is 29.0 Å². The van der Waals surface area contributed by atoms with E-state index in [0.29, 0.717) is 22.2 Å². The summed E-state index contributed by atoms with van der Waals surface area (Å²) in [4.78, 5) is 35.5. The lowest BCUT2D eigenvalue weighted by molar-refractivity contribution is -0.118. The number of aryl methyl sites for hydroxylation is 1. The van der Waals surface area contributed by atoms with Crippen molar-refractivity contribution in [1.82, 2.24) is 19.6 Å². The van der Waals surface area contributed by atoms with E-state index in [4.69, 9.17) is 11.6 Å². The Balaban J connectivity index is 1.68. The molecular formula is C21H18ClN5O2. The number of carbonyl (C=O) groups excluding carboxylic acids is 1. The van der Waals surface area contributed by atoms with Gasteiger partial charge in [0.05, 0.1) is 13.0 Å². The fourth-order valence-corrected chi connectivity index (χ4v) is 3.19. The monoisotopic (exact) mass is 407 g/mol. The van der Waals surface area contributed by atoms with E-state index in [9.17, 15) is 9.59 Å². The predicted octanol–water partition coefficient (Wildman–Crippen LogP) is 3.16. The van der Waals surface area contributed by atoms with Gasteiger partial charge in [-0.1, -0.05) is 41.9 Å². The Morgan fingerprint density at radius 2 is 1.83 bits per heavy atom. The van der Waals surface area contributed by atoms with Crippen molar-refractivity contribution in [3.8, 4) is 0 Å². The van der Waals surface area contributed by atoms with E-state index in [2.05, 4.69) is 15.1 Å². The number of benzene rings is 2. The molecule has 0 saturated heterocycles. The van der Waals surface area contributed by atoms with Crippen molar-refractivity contribution in [2.75, 3.05) is 4.90 Å². The van der Waals surface area contributed by atoms with Gasteiger partial charge >= 0.3 is 0 Å². The van der Waals surface area contributed by atoms with Gasteiger partial charge in [0.25, 0.3) is 11.3 Å². The molecule has 2 aromatic heterocycles. The van der Waals surface area contributed by atoms with Gasteiger partial charge in [-0.05, 0) is 36.8 Å². The number of hydrogen-bond acceptors (Lipinski definition) is 4. The molecule has 8 heteroatoms. The second-order valence-electron chi connectivity index (χ2n) is 6.66. The third-order valence-corrected chi connectivity index (χ3v) is 4.70. The molecule has 0 unspecified atom stereocenters. The van der Waals surface area contributed by atoms with Gasteiger partial charge in [-0.2, -0.15) is 9.50 Å². The van der Waals surface area contributed by atoms with Crippen LogP contribution in [-0.2, 0) is 17.8 Å². The number of nitrogens with zero attached hydrogens (tertiary/aromatic N) is 4. The molecule has 0 saturated carbocycles. The molecule has 0 atom stereocenters. The number of anilines is 1. The van der Waals surface area contributed by atoms with Gasteiger partial charge < -0.3 is 4.90 Å². The largest absolute Gasteiger partial charge is 0.305 e. The molecule has 29 heavy (non-hydrogen) atoms. The zero-order chi connectivity index (χ0) is 20.4. The molecule has 0 bridgehead atoms. The van der Waals surface area contributed by atoms with E-state index >= 15 is 0 Å². The molecule has 0 radical (unpaired) electrons. The summed E-state index contributed by atoms with van der Waals surface area (Å²) in [5, 5.41) is 3.51. The third-order valence-electron chi connectivity index (χ3n) is 4.45. The highest BCUT2D eigenvalue weighted by Gasteiger charge is 2.19. The number of aromatic nitrogens is 4. The van der Waals surface area contributed by atoms with Crippen molar-refractivity contribution in [2.24, 2.45) is 0 Å². The third kappa shape index (κ3) is 4.20. The second-order valence-corrected chi connectivity index (χ2v) is 7.10. The molecule has 2 heterocycles. The van der Waals surface area contributed by atoms with Crippen LogP contribution in [0.2, 0.25) is 5.02 Å². The molecule has 2 aromatic carbocycles. The van der Waals surface area contributed by atoms with Gasteiger partial charge in [-0.15, -0.1) is 0 Å². The standard InChI is InChI=1S/C21H18ClN5O2/c1-14-11-20(29)27-21(23-14)24-18(25-27)13-26(17-9-7-16(22)8-10-17)19(28)12-15-5-3-2-4-6-15/h2-11H,12-13H2,1H3,(H,23,24,25). The quantitative estimate of drug-likeness (QED) is 0.550. The molecule has 1 N–H and O–H groups in total. The Morgan fingerprint density at radius 1 is 1.10 bits per heavy atom. The van der Waals surface area contributed by atoms with Gasteiger partial charge in [0, 0.05) is 22.5 Å². The Kier molecular flexibility index (Phi) is 5.14. The highest BCUT2D eigenvalue weighted by Crippen LogP contribution is 2.21. The smallest absolute Gasteiger partial charge is 0.274 e. The lowest BCUT2D eigenvalue weighted by Crippen LogP contribution is -2.32. The first-order valence-corrected chi connectivity index (χ1v) is 9.42. The summed E-state index contributed by atoms with van der Waals surface area (Å²) in [5.74, 6) is 0.628. The lowest BCUT2D eigenvalue weighted by Gasteiger charge is -2.22. The molecule has 146 valence electrons. The number of halogens is 1. The van der Waals surface area contributed by atoms with Gasteiger partial charge in [0.15, 0.2) is 0 Å². The van der Waals surface area contributed by atoms with Gasteiger partial charge in [0.2, 0.25) is 5.91 Å². The maximum absolute atomic E-state index is 13.1. The SMILES string of the molecule is Cc1cc(=O)n2[nH]c(CN(C(=O)Cc3ccccc3)c3ccc(Cl)cc3)nc2n1. The van der Waals surface area contributed by atoms with Crippen LogP contribution >= 0.6 is 11.6 Å². The summed E-state index contributed by atoms with van der Waals surface area (Å²) >= 11 is 6.00. The van der Waals surface area contributed by atoms with Crippen LogP contribution in [0.1, 0.15) is 17.1 Å². The van der Waals surface area contributed by atoms with E-state index < -0.39 is 0 Å². The van der Waals surface area contributed by atoms with Crippen molar-refractivity contribution in [1.29, 1.82) is 0 Å². The van der Waals surface area contributed by atoms with E-state index in [1.165, 1.54) is 10.6 Å². The maximum Gasteiger partial charge on any atom is 0.274 e. The number of aromatic amines is 1. The number of hydrogen-bond donors (Lipinski definition) is 1. The lowest BCUT2D eigenvalue weighted by atomic mass is 10.1. The Morgan fingerprint density at radius 3 is 2.55 bits per heavy atom. The summed E-state index contributed by atoms with van der Waals surface area (Å²) in [6.45, 7) is 1.90. The molecular weight excluding hydrogens is 390 g/mol. The highest BCUT2D eigenvalue weighted by molar-refractivity contribution is 6.30. The van der Waals surface area contributed by atoms with Crippen LogP contribution in [0.4, 0.5) is 5.69 Å². The van der Waals surface area contributed by atoms with E-state index in [1.54, 1.807) is 36.1 Å². The minimum absolute atomic E-state index is 0.101. The Bertz CT molecular complexity index is 1220. The molecule has 0 spiro atoms. The van der Waals surface area contributed by atoms with E-state index in [-0.39, 0.29) is 30.2 Å². The predicted molar refractivity (Wildman–Crippen MR) is 111 cm³/mol. The zero-order valence-corrected chi connectivity index (χ0v) is 16.4. The number of amides is 1. The summed E-state index contributed by atoms with van der Waals surface area (Å²) in [5.41, 5.74) is 1.93. The minimum atomic E-state index is -0.250. The summed E-state index contributed by atoms with van der Waals surface area (Å²) in [6.07, 6.45) is 0.237. The number of nitrogens with one attached hydrogen (secondary N) is 1. The Hall–Kier alpha value is -3.45. The van der Waals surface area contributed by atoms with Crippen molar-refractivity contribution in [2.45, 2.75) is 19.9 Å². The topological polar surface area (TPSA) is 83.4 Å². The molecule has 0 aliphatic rings. The van der Waals surface area contributed by atoms with Crippen LogP contribution in [0.25, 0.3) is 5.78 Å². The van der Waals surface area contributed by atoms with Crippen LogP contribution in [0.3, 0.4) is 0 Å². The highest BCUT2D eigenvalue weighted by atomic mass is 35.5. The molecule has 4 rings (SSSR count). The first-order chi connectivity index (χ1) is 14.0. The zero-order valence-electron chi connectivity index (χ0n) is 15.7.